The Bertz CT molecular complexity index is 184. The lowest BCUT2D eigenvalue weighted by Crippen LogP contribution is -2.30. The molecular formula is C8H14BrNO3. The van der Waals surface area contributed by atoms with Crippen LogP contribution < -0.4 is 0 Å². The highest BCUT2D eigenvalue weighted by molar-refractivity contribution is 9.09. The van der Waals surface area contributed by atoms with Gasteiger partial charge in [0.2, 0.25) is 5.91 Å². The second kappa shape index (κ2) is 6.88. The van der Waals surface area contributed by atoms with Gasteiger partial charge in [-0.2, -0.15) is 0 Å². The first kappa shape index (κ1) is 12.4. The molecule has 0 rings (SSSR count). The summed E-state index contributed by atoms with van der Waals surface area (Å²) in [5.41, 5.74) is 0. The largest absolute Gasteiger partial charge is 0.466 e. The van der Waals surface area contributed by atoms with Gasteiger partial charge in [0, 0.05) is 13.6 Å². The summed E-state index contributed by atoms with van der Waals surface area (Å²) >= 11 is 3.05. The van der Waals surface area contributed by atoms with Gasteiger partial charge < -0.3 is 9.64 Å². The Morgan fingerprint density at radius 1 is 1.46 bits per heavy atom. The Hall–Kier alpha value is -0.580. The molecule has 0 fully saturated rings. The summed E-state index contributed by atoms with van der Waals surface area (Å²) in [6.07, 6.45) is 0.253. The summed E-state index contributed by atoms with van der Waals surface area (Å²) in [5, 5.41) is 0.284. The molecule has 0 bridgehead atoms. The van der Waals surface area contributed by atoms with Crippen LogP contribution in [0.15, 0.2) is 0 Å². The van der Waals surface area contributed by atoms with Crippen molar-refractivity contribution < 1.29 is 14.3 Å². The minimum atomic E-state index is -0.267. The highest BCUT2D eigenvalue weighted by Gasteiger charge is 2.09. The van der Waals surface area contributed by atoms with Crippen molar-refractivity contribution in [3.8, 4) is 0 Å². The molecule has 13 heavy (non-hydrogen) atoms. The van der Waals surface area contributed by atoms with Gasteiger partial charge in [0.25, 0.3) is 0 Å². The van der Waals surface area contributed by atoms with E-state index in [1.165, 1.54) is 4.90 Å². The van der Waals surface area contributed by atoms with Gasteiger partial charge in [0.1, 0.15) is 0 Å². The fraction of sp³-hybridized carbons (Fsp3) is 0.750. The number of rotatable bonds is 5. The molecule has 0 unspecified atom stereocenters. The lowest BCUT2D eigenvalue weighted by Gasteiger charge is -2.14. The molecule has 0 aliphatic carbocycles. The van der Waals surface area contributed by atoms with Crippen LogP contribution in [0, 0.1) is 0 Å². The van der Waals surface area contributed by atoms with Crippen LogP contribution in [0.2, 0.25) is 0 Å². The van der Waals surface area contributed by atoms with Crippen LogP contribution in [0.25, 0.3) is 0 Å². The Balaban J connectivity index is 3.63. The van der Waals surface area contributed by atoms with E-state index in [1.807, 2.05) is 0 Å². The normalized spacial score (nSPS) is 9.46. The van der Waals surface area contributed by atoms with Gasteiger partial charge in [-0.25, -0.2) is 0 Å². The number of carbonyl (C=O) groups is 2. The number of amides is 1. The van der Waals surface area contributed by atoms with Crippen molar-refractivity contribution in [3.63, 3.8) is 0 Å². The van der Waals surface area contributed by atoms with Gasteiger partial charge in [-0.3, -0.25) is 9.59 Å². The zero-order valence-corrected chi connectivity index (χ0v) is 9.46. The molecular weight excluding hydrogens is 238 g/mol. The summed E-state index contributed by atoms with van der Waals surface area (Å²) in [4.78, 5) is 23.4. The average molecular weight is 252 g/mol. The number of halogens is 1. The van der Waals surface area contributed by atoms with E-state index in [1.54, 1.807) is 14.0 Å². The molecule has 0 saturated heterocycles. The fourth-order valence-corrected chi connectivity index (χ4v) is 1.15. The molecule has 0 radical (unpaired) electrons. The van der Waals surface area contributed by atoms with E-state index >= 15 is 0 Å². The highest BCUT2D eigenvalue weighted by Crippen LogP contribution is 1.94. The second-order valence-corrected chi connectivity index (χ2v) is 3.06. The van der Waals surface area contributed by atoms with Gasteiger partial charge >= 0.3 is 5.97 Å². The number of hydrogen-bond donors (Lipinski definition) is 0. The Morgan fingerprint density at radius 3 is 2.54 bits per heavy atom. The van der Waals surface area contributed by atoms with Crippen molar-refractivity contribution in [2.24, 2.45) is 0 Å². The number of ether oxygens (including phenoxy) is 1. The minimum Gasteiger partial charge on any atom is -0.466 e. The lowest BCUT2D eigenvalue weighted by atomic mass is 10.4. The molecule has 0 N–H and O–H groups in total. The van der Waals surface area contributed by atoms with E-state index in [-0.39, 0.29) is 23.6 Å². The zero-order chi connectivity index (χ0) is 10.3. The van der Waals surface area contributed by atoms with E-state index in [0.29, 0.717) is 13.2 Å². The predicted molar refractivity (Wildman–Crippen MR) is 52.7 cm³/mol. The van der Waals surface area contributed by atoms with Crippen molar-refractivity contribution in [2.75, 3.05) is 25.5 Å². The van der Waals surface area contributed by atoms with Crippen LogP contribution in [-0.2, 0) is 14.3 Å². The van der Waals surface area contributed by atoms with Crippen molar-refractivity contribution in [3.05, 3.63) is 0 Å². The topological polar surface area (TPSA) is 46.6 Å². The van der Waals surface area contributed by atoms with Crippen molar-refractivity contribution in [1.82, 2.24) is 4.90 Å². The van der Waals surface area contributed by atoms with Crippen LogP contribution in [0.4, 0.5) is 0 Å². The van der Waals surface area contributed by atoms with Crippen molar-refractivity contribution in [1.29, 1.82) is 0 Å². The van der Waals surface area contributed by atoms with Crippen LogP contribution >= 0.6 is 15.9 Å². The van der Waals surface area contributed by atoms with Crippen LogP contribution in [0.3, 0.4) is 0 Å². The summed E-state index contributed by atoms with van der Waals surface area (Å²) in [6.45, 7) is 2.55. The fourth-order valence-electron chi connectivity index (χ4n) is 0.719. The summed E-state index contributed by atoms with van der Waals surface area (Å²) in [5.74, 6) is -0.305. The Labute approximate surface area is 86.4 Å². The van der Waals surface area contributed by atoms with Crippen molar-refractivity contribution >= 4 is 27.8 Å². The summed E-state index contributed by atoms with van der Waals surface area (Å²) in [6, 6.07) is 0. The van der Waals surface area contributed by atoms with Crippen molar-refractivity contribution in [2.45, 2.75) is 13.3 Å². The molecule has 0 saturated carbocycles. The van der Waals surface area contributed by atoms with Crippen LogP contribution in [0.1, 0.15) is 13.3 Å². The predicted octanol–water partition coefficient (Wildman–Crippen LogP) is 0.793. The molecule has 0 aromatic carbocycles. The molecule has 0 aromatic rings. The first-order chi connectivity index (χ1) is 6.11. The number of hydrogen-bond acceptors (Lipinski definition) is 3. The maximum absolute atomic E-state index is 11.0. The maximum atomic E-state index is 11.0. The van der Waals surface area contributed by atoms with E-state index in [4.69, 9.17) is 4.74 Å². The number of carbonyl (C=O) groups excluding carboxylic acids is 2. The van der Waals surface area contributed by atoms with E-state index in [2.05, 4.69) is 15.9 Å². The third-order valence-electron chi connectivity index (χ3n) is 1.50. The first-order valence-electron chi connectivity index (χ1n) is 4.07. The Morgan fingerprint density at radius 2 is 2.08 bits per heavy atom. The number of nitrogens with zero attached hydrogens (tertiary/aromatic N) is 1. The van der Waals surface area contributed by atoms with E-state index in [0.717, 1.165) is 0 Å². The molecule has 0 heterocycles. The third-order valence-corrected chi connectivity index (χ3v) is 1.98. The van der Waals surface area contributed by atoms with Gasteiger partial charge in [-0.05, 0) is 6.92 Å². The first-order valence-corrected chi connectivity index (χ1v) is 5.19. The number of alkyl halides is 1. The SMILES string of the molecule is CCOC(=O)CCN(C)C(=O)CBr. The van der Waals surface area contributed by atoms with E-state index < -0.39 is 0 Å². The smallest absolute Gasteiger partial charge is 0.307 e. The van der Waals surface area contributed by atoms with Crippen LogP contribution in [0.5, 0.6) is 0 Å². The summed E-state index contributed by atoms with van der Waals surface area (Å²) in [7, 11) is 1.66. The average Bonchev–Trinajstić information content (AvgIpc) is 2.13. The zero-order valence-electron chi connectivity index (χ0n) is 7.88. The lowest BCUT2D eigenvalue weighted by molar-refractivity contribution is -0.143. The third kappa shape index (κ3) is 5.63. The quantitative estimate of drug-likeness (QED) is 0.537. The molecule has 0 aliphatic rings. The standard InChI is InChI=1S/C8H14BrNO3/c1-3-13-8(12)4-5-10(2)7(11)6-9/h3-6H2,1-2H3. The van der Waals surface area contributed by atoms with Gasteiger partial charge in [-0.15, -0.1) is 0 Å². The molecule has 0 aromatic heterocycles. The molecule has 4 nitrogen and oxygen atoms in total. The van der Waals surface area contributed by atoms with Gasteiger partial charge in [0.15, 0.2) is 0 Å². The molecule has 1 amide bonds. The van der Waals surface area contributed by atoms with E-state index in [9.17, 15) is 9.59 Å². The van der Waals surface area contributed by atoms with Crippen LogP contribution in [-0.4, -0.2) is 42.3 Å². The summed E-state index contributed by atoms with van der Waals surface area (Å²) < 4.78 is 4.72. The second-order valence-electron chi connectivity index (χ2n) is 2.50. The van der Waals surface area contributed by atoms with Gasteiger partial charge in [0.05, 0.1) is 18.4 Å². The highest BCUT2D eigenvalue weighted by atomic mass is 79.9. The maximum Gasteiger partial charge on any atom is 0.307 e. The minimum absolute atomic E-state index is 0.0377. The molecule has 0 atom stereocenters. The number of esters is 1. The molecule has 5 heteroatoms. The van der Waals surface area contributed by atoms with Gasteiger partial charge in [-0.1, -0.05) is 15.9 Å². The molecule has 76 valence electrons. The molecule has 0 aliphatic heterocycles. The Kier molecular flexibility index (Phi) is 6.58. The monoisotopic (exact) mass is 251 g/mol. The molecule has 0 spiro atoms.